The van der Waals surface area contributed by atoms with Crippen LogP contribution in [0.3, 0.4) is 0 Å². The number of benzene rings is 1. The second kappa shape index (κ2) is 9.14. The van der Waals surface area contributed by atoms with Crippen molar-refractivity contribution in [2.24, 2.45) is 0 Å². The summed E-state index contributed by atoms with van der Waals surface area (Å²) in [5.74, 6) is -0.136. The zero-order valence-electron chi connectivity index (χ0n) is 21.0. The average Bonchev–Trinajstić information content (AvgIpc) is 3.60. The van der Waals surface area contributed by atoms with Crippen molar-refractivity contribution in [1.29, 1.82) is 0 Å². The van der Waals surface area contributed by atoms with Gasteiger partial charge in [-0.05, 0) is 17.7 Å². The minimum atomic E-state index is -0.564. The average molecular weight is 517 g/mol. The van der Waals surface area contributed by atoms with Gasteiger partial charge in [-0.15, -0.1) is 0 Å². The van der Waals surface area contributed by atoms with E-state index >= 15 is 4.39 Å². The van der Waals surface area contributed by atoms with Crippen molar-refractivity contribution in [3.8, 4) is 22.5 Å². The van der Waals surface area contributed by atoms with Crippen molar-refractivity contribution >= 4 is 17.1 Å². The maximum Gasteiger partial charge on any atom is 0.315 e. The highest BCUT2D eigenvalue weighted by Gasteiger charge is 2.24. The van der Waals surface area contributed by atoms with E-state index in [1.54, 1.807) is 30.6 Å². The molecule has 11 nitrogen and oxygen atoms in total. The van der Waals surface area contributed by atoms with Crippen LogP contribution in [-0.4, -0.2) is 54.0 Å². The number of amides is 1. The van der Waals surface area contributed by atoms with Crippen LogP contribution >= 0.6 is 0 Å². The van der Waals surface area contributed by atoms with E-state index in [0.29, 0.717) is 47.2 Å². The van der Waals surface area contributed by atoms with Gasteiger partial charge in [-0.2, -0.15) is 10.1 Å². The van der Waals surface area contributed by atoms with Crippen LogP contribution in [0.5, 0.6) is 0 Å². The Balaban J connectivity index is 1.20. The molecule has 0 unspecified atom stereocenters. The molecular weight excluding hydrogens is 491 g/mol. The van der Waals surface area contributed by atoms with Gasteiger partial charge in [-0.1, -0.05) is 38.1 Å². The van der Waals surface area contributed by atoms with E-state index in [-0.39, 0.29) is 23.9 Å². The van der Waals surface area contributed by atoms with Crippen LogP contribution in [0, 0.1) is 5.82 Å². The molecule has 5 heterocycles. The number of ether oxygens (including phenoxy) is 1. The molecule has 1 amide bonds. The molecule has 0 radical (unpaired) electrons. The highest BCUT2D eigenvalue weighted by molar-refractivity contribution is 5.91. The predicted molar refractivity (Wildman–Crippen MR) is 135 cm³/mol. The van der Waals surface area contributed by atoms with Gasteiger partial charge in [0.15, 0.2) is 11.5 Å². The summed E-state index contributed by atoms with van der Waals surface area (Å²) >= 11 is 0. The molecule has 0 atom stereocenters. The summed E-state index contributed by atoms with van der Waals surface area (Å²) in [4.78, 5) is 28.8. The highest BCUT2D eigenvalue weighted by atomic mass is 19.1. The fourth-order valence-electron chi connectivity index (χ4n) is 4.05. The number of nitrogens with one attached hydrogen (secondary N) is 2. The topological polar surface area (TPSA) is 137 Å². The first-order valence-electron chi connectivity index (χ1n) is 12.1. The van der Waals surface area contributed by atoms with Crippen molar-refractivity contribution in [3.63, 3.8) is 0 Å². The Bertz CT molecular complexity index is 1640. The minimum Gasteiger partial charge on any atom is -0.377 e. The molecule has 1 fully saturated rings. The zero-order chi connectivity index (χ0) is 26.4. The first-order valence-corrected chi connectivity index (χ1v) is 12.1. The van der Waals surface area contributed by atoms with Gasteiger partial charge < -0.3 is 19.6 Å². The number of fused-ring (bicyclic) bond motifs is 1. The fourth-order valence-corrected chi connectivity index (χ4v) is 4.05. The maximum atomic E-state index is 15.1. The summed E-state index contributed by atoms with van der Waals surface area (Å²) in [5, 5.41) is 10.9. The smallest absolute Gasteiger partial charge is 0.315 e. The number of halogens is 1. The molecule has 0 bridgehead atoms. The van der Waals surface area contributed by atoms with Gasteiger partial charge in [0.25, 0.3) is 0 Å². The monoisotopic (exact) mass is 516 g/mol. The van der Waals surface area contributed by atoms with Crippen molar-refractivity contribution in [3.05, 3.63) is 66.0 Å². The van der Waals surface area contributed by atoms with Crippen LogP contribution in [-0.2, 0) is 16.7 Å². The number of hydrogen-bond acceptors (Lipinski definition) is 8. The van der Waals surface area contributed by atoms with Crippen LogP contribution in [0.4, 0.5) is 4.39 Å². The van der Waals surface area contributed by atoms with Gasteiger partial charge in [0.1, 0.15) is 11.6 Å². The Hall–Kier alpha value is -4.45. The summed E-state index contributed by atoms with van der Waals surface area (Å²) in [5.41, 5.74) is 3.40. The molecule has 12 heteroatoms. The van der Waals surface area contributed by atoms with Gasteiger partial charge >= 0.3 is 11.8 Å². The molecular formula is C26H25FN8O3. The molecule has 1 aromatic carbocycles. The highest BCUT2D eigenvalue weighted by Crippen LogP contribution is 2.30. The van der Waals surface area contributed by atoms with Gasteiger partial charge in [-0.3, -0.25) is 9.48 Å². The molecule has 1 aliphatic rings. The Kier molecular flexibility index (Phi) is 5.75. The van der Waals surface area contributed by atoms with E-state index in [4.69, 9.17) is 9.26 Å². The number of imidazole rings is 1. The summed E-state index contributed by atoms with van der Waals surface area (Å²) < 4.78 is 27.2. The van der Waals surface area contributed by atoms with Crippen molar-refractivity contribution in [2.45, 2.75) is 38.8 Å². The molecule has 5 aromatic rings. The second-order valence-corrected chi connectivity index (χ2v) is 10.2. The number of carbonyl (C=O) groups excluding carboxylic acids is 1. The van der Waals surface area contributed by atoms with E-state index in [2.05, 4.69) is 35.5 Å². The van der Waals surface area contributed by atoms with E-state index in [0.717, 1.165) is 11.1 Å². The van der Waals surface area contributed by atoms with E-state index in [1.165, 1.54) is 6.07 Å². The first kappa shape index (κ1) is 23.9. The van der Waals surface area contributed by atoms with Crippen LogP contribution in [0.1, 0.15) is 48.9 Å². The number of pyridine rings is 1. The standard InChI is InChI=1S/C26H25FN8O3/c1-26(2,3)25-33-24(38-34-25)23(36)29-9-15-5-4-14(8-19(15)27)18-6-7-28-22-20(18)31-21(32-22)16-10-30-35(11-16)17-12-37-13-17/h4-8,10-11,17H,9,12-13H2,1-3H3,(H,29,36)(H,28,31,32). The lowest BCUT2D eigenvalue weighted by molar-refractivity contribution is -0.0286. The Morgan fingerprint density at radius 3 is 2.76 bits per heavy atom. The third kappa shape index (κ3) is 4.43. The molecule has 1 saturated heterocycles. The lowest BCUT2D eigenvalue weighted by Crippen LogP contribution is -2.30. The third-order valence-corrected chi connectivity index (χ3v) is 6.36. The number of aromatic amines is 1. The molecule has 0 saturated carbocycles. The summed E-state index contributed by atoms with van der Waals surface area (Å²) in [6.45, 7) is 7.00. The predicted octanol–water partition coefficient (Wildman–Crippen LogP) is 3.81. The lowest BCUT2D eigenvalue weighted by atomic mass is 9.96. The molecule has 4 aromatic heterocycles. The van der Waals surface area contributed by atoms with E-state index < -0.39 is 11.7 Å². The van der Waals surface area contributed by atoms with Gasteiger partial charge in [0.05, 0.1) is 36.5 Å². The zero-order valence-corrected chi connectivity index (χ0v) is 21.0. The van der Waals surface area contributed by atoms with Crippen molar-refractivity contribution in [2.75, 3.05) is 13.2 Å². The SMILES string of the molecule is CC(C)(C)c1noc(C(=O)NCc2ccc(-c3ccnc4nc(-c5cnn(C6COC6)c5)[nH]c34)cc2F)n1. The van der Waals surface area contributed by atoms with Crippen LogP contribution in [0.25, 0.3) is 33.7 Å². The molecule has 6 rings (SSSR count). The minimum absolute atomic E-state index is 0.0336. The maximum absolute atomic E-state index is 15.1. The number of aromatic nitrogens is 7. The Labute approximate surface area is 216 Å². The van der Waals surface area contributed by atoms with Gasteiger partial charge in [0, 0.05) is 35.5 Å². The number of rotatable bonds is 6. The Morgan fingerprint density at radius 1 is 1.21 bits per heavy atom. The van der Waals surface area contributed by atoms with Crippen LogP contribution in [0.15, 0.2) is 47.4 Å². The molecule has 194 valence electrons. The quantitative estimate of drug-likeness (QED) is 0.348. The molecule has 0 spiro atoms. The molecule has 2 N–H and O–H groups in total. The normalized spacial score (nSPS) is 14.1. The summed E-state index contributed by atoms with van der Waals surface area (Å²) in [7, 11) is 0. The number of H-pyrrole nitrogens is 1. The second-order valence-electron chi connectivity index (χ2n) is 10.2. The van der Waals surface area contributed by atoms with Gasteiger partial charge in [0.2, 0.25) is 0 Å². The summed E-state index contributed by atoms with van der Waals surface area (Å²) in [6.07, 6.45) is 5.31. The van der Waals surface area contributed by atoms with Crippen LogP contribution < -0.4 is 5.32 Å². The number of hydrogen-bond donors (Lipinski definition) is 2. The number of carbonyl (C=O) groups is 1. The van der Waals surface area contributed by atoms with Crippen LogP contribution in [0.2, 0.25) is 0 Å². The first-order chi connectivity index (χ1) is 18.3. The molecule has 0 aliphatic carbocycles. The number of nitrogens with zero attached hydrogens (tertiary/aromatic N) is 6. The largest absolute Gasteiger partial charge is 0.377 e. The van der Waals surface area contributed by atoms with Crippen molar-refractivity contribution in [1.82, 2.24) is 40.2 Å². The molecule has 38 heavy (non-hydrogen) atoms. The third-order valence-electron chi connectivity index (χ3n) is 6.36. The van der Waals surface area contributed by atoms with E-state index in [9.17, 15) is 4.79 Å². The lowest BCUT2D eigenvalue weighted by Gasteiger charge is -2.25. The van der Waals surface area contributed by atoms with Crippen molar-refractivity contribution < 1.29 is 18.4 Å². The fraction of sp³-hybridized carbons (Fsp3) is 0.308. The van der Waals surface area contributed by atoms with E-state index in [1.807, 2.05) is 31.6 Å². The Morgan fingerprint density at radius 2 is 2.05 bits per heavy atom. The molecule has 1 aliphatic heterocycles. The van der Waals surface area contributed by atoms with Gasteiger partial charge in [-0.25, -0.2) is 14.4 Å². The summed E-state index contributed by atoms with van der Waals surface area (Å²) in [6, 6.07) is 6.89.